The molecule has 25 heavy (non-hydrogen) atoms. The summed E-state index contributed by atoms with van der Waals surface area (Å²) in [6.45, 7) is 0. The summed E-state index contributed by atoms with van der Waals surface area (Å²) >= 11 is 0. The number of nitrogens with zero attached hydrogens (tertiary/aromatic N) is 2. The van der Waals surface area contributed by atoms with Crippen molar-refractivity contribution in [3.05, 3.63) is 100 Å². The molecular weight excluding hydrogens is 312 g/mol. The zero-order valence-corrected chi connectivity index (χ0v) is 13.5. The fraction of sp³-hybridized carbons (Fsp3) is 0.0476. The molecule has 2 heterocycles. The first-order valence-corrected chi connectivity index (χ1v) is 8.06. The minimum absolute atomic E-state index is 0.0386. The molecule has 4 aromatic rings. The Bertz CT molecular complexity index is 1090. The van der Waals surface area contributed by atoms with E-state index in [1.807, 2.05) is 66.7 Å². The van der Waals surface area contributed by atoms with Gasteiger partial charge in [-0.25, -0.2) is 4.98 Å². The van der Waals surface area contributed by atoms with E-state index in [1.165, 1.54) is 0 Å². The number of para-hydroxylation sites is 1. The van der Waals surface area contributed by atoms with Crippen LogP contribution in [0.5, 0.6) is 5.75 Å². The maximum Gasteiger partial charge on any atom is 0.264 e. The Morgan fingerprint density at radius 3 is 2.36 bits per heavy atom. The van der Waals surface area contributed by atoms with Crippen LogP contribution in [-0.4, -0.2) is 14.7 Å². The fourth-order valence-electron chi connectivity index (χ4n) is 3.05. The van der Waals surface area contributed by atoms with Crippen LogP contribution in [-0.2, 0) is 6.42 Å². The van der Waals surface area contributed by atoms with E-state index in [0.29, 0.717) is 28.7 Å². The Hall–Kier alpha value is -3.40. The van der Waals surface area contributed by atoms with Crippen molar-refractivity contribution in [1.82, 2.24) is 9.55 Å². The van der Waals surface area contributed by atoms with Crippen molar-refractivity contribution in [1.29, 1.82) is 0 Å². The van der Waals surface area contributed by atoms with E-state index in [4.69, 9.17) is 0 Å². The molecule has 0 amide bonds. The van der Waals surface area contributed by atoms with Crippen LogP contribution in [0, 0.1) is 0 Å². The quantitative estimate of drug-likeness (QED) is 0.624. The van der Waals surface area contributed by atoms with Crippen LogP contribution >= 0.6 is 0 Å². The van der Waals surface area contributed by atoms with Crippen molar-refractivity contribution in [2.75, 3.05) is 0 Å². The van der Waals surface area contributed by atoms with Crippen LogP contribution in [0.25, 0.3) is 16.7 Å². The Kier molecular flexibility index (Phi) is 3.78. The van der Waals surface area contributed by atoms with E-state index >= 15 is 0 Å². The molecule has 4 nitrogen and oxygen atoms in total. The third-order valence-electron chi connectivity index (χ3n) is 4.25. The molecule has 0 saturated carbocycles. The summed E-state index contributed by atoms with van der Waals surface area (Å²) in [7, 11) is 0. The van der Waals surface area contributed by atoms with Crippen molar-refractivity contribution in [3.8, 4) is 11.6 Å². The molecule has 1 N–H and O–H groups in total. The van der Waals surface area contributed by atoms with E-state index in [1.54, 1.807) is 16.8 Å². The second-order valence-corrected chi connectivity index (χ2v) is 5.84. The predicted molar refractivity (Wildman–Crippen MR) is 98.3 cm³/mol. The van der Waals surface area contributed by atoms with Crippen molar-refractivity contribution < 1.29 is 5.11 Å². The normalized spacial score (nSPS) is 10.9. The van der Waals surface area contributed by atoms with Gasteiger partial charge in [0.1, 0.15) is 11.6 Å². The van der Waals surface area contributed by atoms with E-state index in [9.17, 15) is 9.90 Å². The van der Waals surface area contributed by atoms with E-state index in [0.717, 1.165) is 5.56 Å². The fourth-order valence-corrected chi connectivity index (χ4v) is 3.05. The molecule has 0 spiro atoms. The standard InChI is InChI=1S/C21H16N2O2/c24-20-16-10-4-5-11-18(16)23(19-12-6-7-13-22-19)21(25)17(20)14-15-8-2-1-3-9-15/h1-13,24H,14H2. The molecule has 0 aliphatic heterocycles. The van der Waals surface area contributed by atoms with E-state index < -0.39 is 0 Å². The second kappa shape index (κ2) is 6.24. The SMILES string of the molecule is O=c1c(Cc2ccccc2)c(O)c2ccccc2n1-c1ccccn1. The van der Waals surface area contributed by atoms with Gasteiger partial charge in [-0.3, -0.25) is 9.36 Å². The number of aromatic nitrogens is 2. The van der Waals surface area contributed by atoms with Gasteiger partial charge in [0.05, 0.1) is 11.1 Å². The molecule has 122 valence electrons. The Labute approximate surface area is 144 Å². The lowest BCUT2D eigenvalue weighted by atomic mass is 10.0. The first kappa shape index (κ1) is 15.1. The minimum Gasteiger partial charge on any atom is -0.507 e. The average molecular weight is 328 g/mol. The zero-order chi connectivity index (χ0) is 17.2. The third kappa shape index (κ3) is 2.68. The van der Waals surface area contributed by atoms with Gasteiger partial charge in [0, 0.05) is 18.0 Å². The van der Waals surface area contributed by atoms with Crippen LogP contribution in [0.15, 0.2) is 83.8 Å². The molecule has 0 unspecified atom stereocenters. The number of aromatic hydroxyl groups is 1. The Morgan fingerprint density at radius 1 is 0.880 bits per heavy atom. The number of rotatable bonds is 3. The van der Waals surface area contributed by atoms with Crippen molar-refractivity contribution >= 4 is 10.9 Å². The molecule has 2 aromatic heterocycles. The lowest BCUT2D eigenvalue weighted by molar-refractivity contribution is 0.473. The molecule has 0 aliphatic rings. The van der Waals surface area contributed by atoms with Crippen molar-refractivity contribution in [2.24, 2.45) is 0 Å². The summed E-state index contributed by atoms with van der Waals surface area (Å²) in [6.07, 6.45) is 2.02. The largest absolute Gasteiger partial charge is 0.507 e. The number of benzene rings is 2. The molecule has 4 heteroatoms. The monoisotopic (exact) mass is 328 g/mol. The highest BCUT2D eigenvalue weighted by Crippen LogP contribution is 2.28. The van der Waals surface area contributed by atoms with Gasteiger partial charge in [-0.1, -0.05) is 48.5 Å². The van der Waals surface area contributed by atoms with Crippen LogP contribution < -0.4 is 5.56 Å². The summed E-state index contributed by atoms with van der Waals surface area (Å²) in [5, 5.41) is 11.4. The molecule has 0 aliphatic carbocycles. The van der Waals surface area contributed by atoms with Crippen LogP contribution in [0.1, 0.15) is 11.1 Å². The molecule has 2 aromatic carbocycles. The smallest absolute Gasteiger partial charge is 0.264 e. The summed E-state index contributed by atoms with van der Waals surface area (Å²) in [5.74, 6) is 0.578. The first-order valence-electron chi connectivity index (χ1n) is 8.06. The van der Waals surface area contributed by atoms with Gasteiger partial charge in [-0.05, 0) is 29.8 Å². The Balaban J connectivity index is 2.03. The van der Waals surface area contributed by atoms with Gasteiger partial charge in [0.2, 0.25) is 0 Å². The number of pyridine rings is 2. The van der Waals surface area contributed by atoms with Gasteiger partial charge < -0.3 is 5.11 Å². The van der Waals surface area contributed by atoms with E-state index in [2.05, 4.69) is 4.98 Å². The van der Waals surface area contributed by atoms with Crippen LogP contribution in [0.2, 0.25) is 0 Å². The first-order chi connectivity index (χ1) is 12.3. The lowest BCUT2D eigenvalue weighted by Gasteiger charge is -2.14. The molecule has 0 fully saturated rings. The summed E-state index contributed by atoms with van der Waals surface area (Å²) < 4.78 is 1.56. The van der Waals surface area contributed by atoms with Crippen LogP contribution in [0.3, 0.4) is 0 Å². The van der Waals surface area contributed by atoms with Crippen molar-refractivity contribution in [2.45, 2.75) is 6.42 Å². The van der Waals surface area contributed by atoms with Gasteiger partial charge in [0.25, 0.3) is 5.56 Å². The van der Waals surface area contributed by atoms with Crippen molar-refractivity contribution in [3.63, 3.8) is 0 Å². The molecule has 0 bridgehead atoms. The molecular formula is C21H16N2O2. The lowest BCUT2D eigenvalue weighted by Crippen LogP contribution is -2.24. The maximum absolute atomic E-state index is 13.2. The topological polar surface area (TPSA) is 55.1 Å². The molecule has 0 atom stereocenters. The highest BCUT2D eigenvalue weighted by molar-refractivity contribution is 5.87. The highest BCUT2D eigenvalue weighted by Gasteiger charge is 2.17. The highest BCUT2D eigenvalue weighted by atomic mass is 16.3. The minimum atomic E-state index is -0.251. The average Bonchev–Trinajstić information content (AvgIpc) is 2.67. The maximum atomic E-state index is 13.2. The van der Waals surface area contributed by atoms with Gasteiger partial charge in [0.15, 0.2) is 0 Å². The summed E-state index contributed by atoms with van der Waals surface area (Å²) in [5.41, 5.74) is 1.73. The predicted octanol–water partition coefficient (Wildman–Crippen LogP) is 3.68. The van der Waals surface area contributed by atoms with Gasteiger partial charge in [-0.2, -0.15) is 0 Å². The second-order valence-electron chi connectivity index (χ2n) is 5.84. The van der Waals surface area contributed by atoms with Gasteiger partial charge in [-0.15, -0.1) is 0 Å². The van der Waals surface area contributed by atoms with Gasteiger partial charge >= 0.3 is 0 Å². The number of hydrogen-bond acceptors (Lipinski definition) is 3. The zero-order valence-electron chi connectivity index (χ0n) is 13.5. The summed E-state index contributed by atoms with van der Waals surface area (Å²) in [6, 6.07) is 22.4. The molecule has 4 rings (SSSR count). The molecule has 0 saturated heterocycles. The van der Waals surface area contributed by atoms with Crippen LogP contribution in [0.4, 0.5) is 0 Å². The Morgan fingerprint density at radius 2 is 1.60 bits per heavy atom. The molecule has 0 radical (unpaired) electrons. The van der Waals surface area contributed by atoms with E-state index in [-0.39, 0.29) is 11.3 Å². The number of fused-ring (bicyclic) bond motifs is 1. The number of hydrogen-bond donors (Lipinski definition) is 1. The summed E-state index contributed by atoms with van der Waals surface area (Å²) in [4.78, 5) is 17.5. The third-order valence-corrected chi connectivity index (χ3v) is 4.25.